The zero-order chi connectivity index (χ0) is 18.4. The molecule has 2 aromatic rings. The Labute approximate surface area is 156 Å². The molecule has 0 saturated carbocycles. The van der Waals surface area contributed by atoms with Gasteiger partial charge in [-0.15, -0.1) is 0 Å². The predicted molar refractivity (Wildman–Crippen MR) is 104 cm³/mol. The maximum atomic E-state index is 13.0. The normalized spacial score (nSPS) is 16.4. The highest BCUT2D eigenvalue weighted by Crippen LogP contribution is 2.37. The van der Waals surface area contributed by atoms with E-state index < -0.39 is 0 Å². The largest absolute Gasteiger partial charge is 0.496 e. The highest BCUT2D eigenvalue weighted by atomic mass is 16.5. The number of para-hydroxylation sites is 1. The summed E-state index contributed by atoms with van der Waals surface area (Å²) in [5, 5.41) is 0. The second kappa shape index (κ2) is 8.93. The summed E-state index contributed by atoms with van der Waals surface area (Å²) in [6, 6.07) is 12.2. The smallest absolute Gasteiger partial charge is 0.223 e. The van der Waals surface area contributed by atoms with Crippen LogP contribution in [0.1, 0.15) is 62.7 Å². The van der Waals surface area contributed by atoms with Gasteiger partial charge in [0.25, 0.3) is 0 Å². The topological polar surface area (TPSA) is 34.5 Å². The van der Waals surface area contributed by atoms with E-state index in [1.165, 1.54) is 25.0 Å². The lowest BCUT2D eigenvalue weighted by Gasteiger charge is -2.38. The van der Waals surface area contributed by atoms with Crippen molar-refractivity contribution in [3.8, 4) is 5.75 Å². The number of aromatic nitrogens is 1. The third-order valence-electron chi connectivity index (χ3n) is 5.29. The number of methoxy groups -OCH3 is 1. The molecule has 4 nitrogen and oxygen atoms in total. The summed E-state index contributed by atoms with van der Waals surface area (Å²) in [5.41, 5.74) is 2.23. The molecule has 1 aromatic carbocycles. The molecule has 0 saturated heterocycles. The number of nitrogens with zero attached hydrogens (tertiary/aromatic N) is 2. The van der Waals surface area contributed by atoms with E-state index in [1.807, 2.05) is 23.1 Å². The number of rotatable bonds is 8. The van der Waals surface area contributed by atoms with E-state index in [4.69, 9.17) is 4.74 Å². The Bertz CT molecular complexity index is 722. The second-order valence-corrected chi connectivity index (χ2v) is 7.02. The van der Waals surface area contributed by atoms with Crippen LogP contribution in [0.25, 0.3) is 0 Å². The minimum Gasteiger partial charge on any atom is -0.496 e. The Kier molecular flexibility index (Phi) is 6.37. The number of fused-ring (bicyclic) bond motifs is 1. The SMILES string of the molecule is CCCCCCCC(=O)N1CCn2cccc2C1c1ccccc1OC. The molecule has 0 spiro atoms. The molecule has 1 aliphatic rings. The van der Waals surface area contributed by atoms with Crippen molar-refractivity contribution in [3.05, 3.63) is 53.9 Å². The van der Waals surface area contributed by atoms with Crippen molar-refractivity contribution in [2.45, 2.75) is 58.0 Å². The van der Waals surface area contributed by atoms with Crippen molar-refractivity contribution in [1.82, 2.24) is 9.47 Å². The van der Waals surface area contributed by atoms with E-state index in [9.17, 15) is 4.79 Å². The van der Waals surface area contributed by atoms with Gasteiger partial charge >= 0.3 is 0 Å². The maximum Gasteiger partial charge on any atom is 0.223 e. The summed E-state index contributed by atoms with van der Waals surface area (Å²) in [7, 11) is 1.70. The molecule has 140 valence electrons. The lowest BCUT2D eigenvalue weighted by atomic mass is 9.98. The zero-order valence-electron chi connectivity index (χ0n) is 16.0. The van der Waals surface area contributed by atoms with Gasteiger partial charge in [0, 0.05) is 37.0 Å². The number of hydrogen-bond donors (Lipinski definition) is 0. The van der Waals surface area contributed by atoms with Crippen molar-refractivity contribution in [3.63, 3.8) is 0 Å². The molecule has 0 radical (unpaired) electrons. The summed E-state index contributed by atoms with van der Waals surface area (Å²) in [6.45, 7) is 3.82. The number of hydrogen-bond acceptors (Lipinski definition) is 2. The third kappa shape index (κ3) is 3.95. The number of carbonyl (C=O) groups excluding carboxylic acids is 1. The van der Waals surface area contributed by atoms with Crippen LogP contribution in [-0.4, -0.2) is 29.0 Å². The van der Waals surface area contributed by atoms with Crippen LogP contribution in [-0.2, 0) is 11.3 Å². The molecule has 0 N–H and O–H groups in total. The molecule has 26 heavy (non-hydrogen) atoms. The molecular weight excluding hydrogens is 324 g/mol. The standard InChI is InChI=1S/C22H30N2O2/c1-3-4-5-6-7-14-21(25)24-17-16-23-15-10-12-19(23)22(24)18-11-8-9-13-20(18)26-2/h8-13,15,22H,3-7,14,16-17H2,1-2H3. The molecule has 1 amide bonds. The van der Waals surface area contributed by atoms with Gasteiger partial charge < -0.3 is 14.2 Å². The van der Waals surface area contributed by atoms with Crippen LogP contribution in [0, 0.1) is 0 Å². The molecule has 1 atom stereocenters. The Morgan fingerprint density at radius 3 is 2.69 bits per heavy atom. The minimum atomic E-state index is -0.0713. The van der Waals surface area contributed by atoms with E-state index in [0.717, 1.165) is 37.2 Å². The zero-order valence-corrected chi connectivity index (χ0v) is 16.0. The highest BCUT2D eigenvalue weighted by Gasteiger charge is 2.33. The highest BCUT2D eigenvalue weighted by molar-refractivity contribution is 5.77. The van der Waals surface area contributed by atoms with Gasteiger partial charge in [-0.25, -0.2) is 0 Å². The molecule has 0 aliphatic carbocycles. The third-order valence-corrected chi connectivity index (χ3v) is 5.29. The number of ether oxygens (including phenoxy) is 1. The fraction of sp³-hybridized carbons (Fsp3) is 0.500. The van der Waals surface area contributed by atoms with Gasteiger partial charge in [0.2, 0.25) is 5.91 Å². The van der Waals surface area contributed by atoms with Crippen LogP contribution in [0.5, 0.6) is 5.75 Å². The van der Waals surface area contributed by atoms with Crippen LogP contribution in [0.3, 0.4) is 0 Å². The van der Waals surface area contributed by atoms with Crippen molar-refractivity contribution in [2.24, 2.45) is 0 Å². The van der Waals surface area contributed by atoms with Crippen molar-refractivity contribution < 1.29 is 9.53 Å². The van der Waals surface area contributed by atoms with Crippen LogP contribution in [0.2, 0.25) is 0 Å². The van der Waals surface area contributed by atoms with Gasteiger partial charge in [0.15, 0.2) is 0 Å². The van der Waals surface area contributed by atoms with Crippen molar-refractivity contribution in [2.75, 3.05) is 13.7 Å². The summed E-state index contributed by atoms with van der Waals surface area (Å²) < 4.78 is 7.85. The average molecular weight is 354 g/mol. The predicted octanol–water partition coefficient (Wildman–Crippen LogP) is 4.79. The number of benzene rings is 1. The van der Waals surface area contributed by atoms with E-state index in [-0.39, 0.29) is 11.9 Å². The first-order valence-electron chi connectivity index (χ1n) is 9.83. The quantitative estimate of drug-likeness (QED) is 0.639. The maximum absolute atomic E-state index is 13.0. The summed E-state index contributed by atoms with van der Waals surface area (Å²) in [4.78, 5) is 15.1. The fourth-order valence-corrected chi connectivity index (χ4v) is 3.90. The number of amides is 1. The van der Waals surface area contributed by atoms with Gasteiger partial charge in [-0.1, -0.05) is 50.8 Å². The van der Waals surface area contributed by atoms with Crippen LogP contribution in [0.15, 0.2) is 42.6 Å². The second-order valence-electron chi connectivity index (χ2n) is 7.02. The van der Waals surface area contributed by atoms with Crippen LogP contribution < -0.4 is 4.74 Å². The van der Waals surface area contributed by atoms with Gasteiger partial charge in [-0.2, -0.15) is 0 Å². The number of carbonyl (C=O) groups is 1. The van der Waals surface area contributed by atoms with E-state index in [1.54, 1.807) is 7.11 Å². The first-order valence-corrected chi connectivity index (χ1v) is 9.83. The Hall–Kier alpha value is -2.23. The lowest BCUT2D eigenvalue weighted by Crippen LogP contribution is -2.42. The van der Waals surface area contributed by atoms with E-state index >= 15 is 0 Å². The van der Waals surface area contributed by atoms with E-state index in [2.05, 4.69) is 35.9 Å². The molecule has 4 heteroatoms. The van der Waals surface area contributed by atoms with Crippen LogP contribution >= 0.6 is 0 Å². The van der Waals surface area contributed by atoms with Gasteiger partial charge in [-0.05, 0) is 24.6 Å². The molecule has 1 unspecified atom stereocenters. The Morgan fingerprint density at radius 1 is 1.08 bits per heavy atom. The summed E-state index contributed by atoms with van der Waals surface area (Å²) >= 11 is 0. The molecule has 1 aromatic heterocycles. The monoisotopic (exact) mass is 354 g/mol. The molecule has 2 heterocycles. The average Bonchev–Trinajstić information content (AvgIpc) is 3.15. The molecule has 0 fully saturated rings. The molecule has 0 bridgehead atoms. The number of unbranched alkanes of at least 4 members (excludes halogenated alkanes) is 4. The summed E-state index contributed by atoms with van der Waals surface area (Å²) in [6.07, 6.45) is 8.57. The van der Waals surface area contributed by atoms with Crippen molar-refractivity contribution >= 4 is 5.91 Å². The van der Waals surface area contributed by atoms with Gasteiger partial charge in [0.1, 0.15) is 11.8 Å². The molecular formula is C22H30N2O2. The Morgan fingerprint density at radius 2 is 1.88 bits per heavy atom. The first-order chi connectivity index (χ1) is 12.8. The van der Waals surface area contributed by atoms with Gasteiger partial charge in [0.05, 0.1) is 7.11 Å². The van der Waals surface area contributed by atoms with E-state index in [0.29, 0.717) is 6.42 Å². The first kappa shape index (κ1) is 18.6. The fourth-order valence-electron chi connectivity index (χ4n) is 3.90. The molecule has 1 aliphatic heterocycles. The van der Waals surface area contributed by atoms with Gasteiger partial charge in [-0.3, -0.25) is 4.79 Å². The van der Waals surface area contributed by atoms with Crippen molar-refractivity contribution in [1.29, 1.82) is 0 Å². The molecule has 3 rings (SSSR count). The lowest BCUT2D eigenvalue weighted by molar-refractivity contribution is -0.134. The van der Waals surface area contributed by atoms with Crippen LogP contribution in [0.4, 0.5) is 0 Å². The summed E-state index contributed by atoms with van der Waals surface area (Å²) in [5.74, 6) is 1.10. The minimum absolute atomic E-state index is 0.0713. The Balaban J connectivity index is 1.81.